The number of Topliss-reactive ketones (excluding diaryl/α,β-unsaturated/α-hetero) is 1. The number of nitrogens with zero attached hydrogens (tertiary/aromatic N) is 1. The van der Waals surface area contributed by atoms with Crippen LogP contribution in [-0.2, 0) is 56.0 Å². The van der Waals surface area contributed by atoms with Gasteiger partial charge in [0.2, 0.25) is 17.8 Å². The minimum Gasteiger partial charge on any atom is -0.287 e. The van der Waals surface area contributed by atoms with Crippen LogP contribution in [0.4, 0.5) is 105 Å². The monoisotopic (exact) mass is 1140 g/mol. The number of fused-ring (bicyclic) bond motifs is 1. The average Bonchev–Trinajstić information content (AvgIpc) is 3.31. The van der Waals surface area contributed by atoms with Crippen LogP contribution >= 0.6 is 12.6 Å². The van der Waals surface area contributed by atoms with E-state index in [-0.39, 0.29) is 5.78 Å². The number of hydrogen-bond acceptors (Lipinski definition) is 2. The maximum Gasteiger partial charge on any atom is 0.416 e. The van der Waals surface area contributed by atoms with E-state index in [0.29, 0.717) is 6.54 Å². The van der Waals surface area contributed by atoms with E-state index >= 15 is 0 Å². The summed E-state index contributed by atoms with van der Waals surface area (Å²) in [5.41, 5.74) is -28.5. The van der Waals surface area contributed by atoms with Crippen molar-refractivity contribution in [2.45, 2.75) is 60.9 Å². The molecule has 0 aliphatic rings. The van der Waals surface area contributed by atoms with Gasteiger partial charge in [0, 0.05) is 22.6 Å². The first-order valence-corrected chi connectivity index (χ1v) is 21.5. The highest BCUT2D eigenvalue weighted by atomic mass is 32.1. The van der Waals surface area contributed by atoms with Crippen LogP contribution in [-0.4, -0.2) is 11.9 Å². The van der Waals surface area contributed by atoms with Gasteiger partial charge < -0.3 is 0 Å². The molecule has 0 spiro atoms. The van der Waals surface area contributed by atoms with Crippen LogP contribution in [0.5, 0.6) is 0 Å². The maximum atomic E-state index is 14.2. The van der Waals surface area contributed by atoms with Gasteiger partial charge in [-0.2, -0.15) is 132 Å². The van der Waals surface area contributed by atoms with E-state index in [2.05, 4.69) is 12.6 Å². The number of halogens is 24. The fraction of sp³-hybridized carbons (Fsp3) is 0.184. The number of ketones is 1. The zero-order chi connectivity index (χ0) is 57.9. The second kappa shape index (κ2) is 20.5. The quantitative estimate of drug-likeness (QED) is 0.0555. The van der Waals surface area contributed by atoms with Gasteiger partial charge in [-0.1, -0.05) is 91.0 Å². The molecule has 0 N–H and O–H groups in total. The van der Waals surface area contributed by atoms with E-state index in [1.165, 1.54) is 0 Å². The summed E-state index contributed by atoms with van der Waals surface area (Å²) in [6, 6.07) is 10.4. The first kappa shape index (κ1) is 59.4. The molecule has 28 heteroatoms. The van der Waals surface area contributed by atoms with Gasteiger partial charge in [0.15, 0.2) is 6.20 Å². The predicted octanol–water partition coefficient (Wildman–Crippen LogP) is 14.5. The van der Waals surface area contributed by atoms with Crippen LogP contribution < -0.4 is 26.4 Å². The van der Waals surface area contributed by atoms with E-state index in [1.54, 1.807) is 0 Å². The van der Waals surface area contributed by atoms with Gasteiger partial charge in [0.1, 0.15) is 6.15 Å². The Hall–Kier alpha value is -6.87. The standard InChI is InChI=1S/C32H12BF24.C17H13NOS/c34-25(35,36)13-1-14(26(37,38)39)6-21(5-13)33(22-7-15(27(40,41)42)2-16(8-22)28(43,44)45,23-9-17(29(46,47)48)3-18(10-23)30(49,50)51)24-11-19(31(52,53)54)4-20(12-24)32(55,56)57;19-16(13-6-2-1-3-7-13)12-18-11-10-17(20)14-8-4-5-9-15(14)18/h1-12H;1-11H,12H2/q-1;/p+1. The summed E-state index contributed by atoms with van der Waals surface area (Å²) in [6.45, 7) is 0.332. The highest BCUT2D eigenvalue weighted by molar-refractivity contribution is 7.80. The normalized spacial score (nSPS) is 13.4. The van der Waals surface area contributed by atoms with Crippen molar-refractivity contribution >= 4 is 57.3 Å². The van der Waals surface area contributed by atoms with Gasteiger partial charge in [-0.25, -0.2) is 0 Å². The molecule has 0 aliphatic heterocycles. The number of para-hydroxylation sites is 1. The molecule has 2 nitrogen and oxygen atoms in total. The van der Waals surface area contributed by atoms with Crippen LogP contribution in [0.15, 0.2) is 145 Å². The summed E-state index contributed by atoms with van der Waals surface area (Å²) in [7, 11) is 0. The van der Waals surface area contributed by atoms with Crippen LogP contribution in [0.1, 0.15) is 54.9 Å². The van der Waals surface area contributed by atoms with Gasteiger partial charge in [-0.3, -0.25) is 4.79 Å². The summed E-state index contributed by atoms with van der Waals surface area (Å²) in [5, 5.41) is 1.05. The fourth-order valence-electron chi connectivity index (χ4n) is 8.35. The minimum absolute atomic E-state index is 0.104. The van der Waals surface area contributed by atoms with Gasteiger partial charge in [0.25, 0.3) is 0 Å². The molecule has 0 fully saturated rings. The van der Waals surface area contributed by atoms with Gasteiger partial charge >= 0.3 is 49.4 Å². The summed E-state index contributed by atoms with van der Waals surface area (Å²) in [6.07, 6.45) is -52.9. The molecule has 0 amide bonds. The molecule has 7 aromatic rings. The van der Waals surface area contributed by atoms with Crippen molar-refractivity contribution in [1.82, 2.24) is 0 Å². The zero-order valence-electron chi connectivity index (χ0n) is 37.4. The third kappa shape index (κ3) is 13.3. The molecule has 0 unspecified atom stereocenters. The number of carbonyl (C=O) groups excluding carboxylic acids is 1. The van der Waals surface area contributed by atoms with Crippen molar-refractivity contribution in [3.05, 3.63) is 190 Å². The maximum absolute atomic E-state index is 14.2. The topological polar surface area (TPSA) is 20.9 Å². The molecular formula is C49H26BF24NOS. The van der Waals surface area contributed by atoms with Crippen LogP contribution in [0.25, 0.3) is 10.9 Å². The Bertz CT molecular complexity index is 2870. The number of alkyl halides is 24. The van der Waals surface area contributed by atoms with Crippen LogP contribution in [0, 0.1) is 0 Å². The number of carbonyl (C=O) groups is 1. The van der Waals surface area contributed by atoms with Crippen molar-refractivity contribution < 1.29 is 115 Å². The Labute approximate surface area is 421 Å². The zero-order valence-corrected chi connectivity index (χ0v) is 38.3. The second-order valence-electron chi connectivity index (χ2n) is 16.9. The molecule has 0 saturated heterocycles. The van der Waals surface area contributed by atoms with E-state index in [4.69, 9.17) is 0 Å². The number of rotatable bonds is 7. The van der Waals surface area contributed by atoms with Gasteiger partial charge in [-0.05, 0) is 30.3 Å². The predicted molar refractivity (Wildman–Crippen MR) is 232 cm³/mol. The fourth-order valence-corrected chi connectivity index (χ4v) is 8.61. The molecule has 0 aliphatic carbocycles. The Kier molecular flexibility index (Phi) is 15.8. The van der Waals surface area contributed by atoms with E-state index in [1.807, 2.05) is 71.4 Å². The van der Waals surface area contributed by atoms with Crippen molar-refractivity contribution in [1.29, 1.82) is 0 Å². The Balaban J connectivity index is 0.000000397. The van der Waals surface area contributed by atoms with Crippen molar-refractivity contribution in [3.8, 4) is 0 Å². The first-order valence-electron chi connectivity index (χ1n) is 21.1. The molecule has 6 aromatic carbocycles. The first-order chi connectivity index (χ1) is 35.0. The lowest BCUT2D eigenvalue weighted by Gasteiger charge is -2.46. The summed E-state index contributed by atoms with van der Waals surface area (Å²) in [5.74, 6) is 0.104. The number of aromatic nitrogens is 1. The number of thiol groups is 1. The Morgan fingerprint density at radius 1 is 0.364 bits per heavy atom. The third-order valence-electron chi connectivity index (χ3n) is 11.8. The van der Waals surface area contributed by atoms with E-state index in [0.717, 1.165) is 21.4 Å². The lowest BCUT2D eigenvalue weighted by molar-refractivity contribution is -0.657. The number of benzene rings is 6. The van der Waals surface area contributed by atoms with Gasteiger partial charge in [0.05, 0.1) is 49.9 Å². The largest absolute Gasteiger partial charge is 0.416 e. The minimum atomic E-state index is -6.13. The van der Waals surface area contributed by atoms with E-state index in [9.17, 15) is 110 Å². The lowest BCUT2D eigenvalue weighted by Crippen LogP contribution is -2.75. The molecule has 7 rings (SSSR count). The summed E-state index contributed by atoms with van der Waals surface area (Å²) < 4.78 is 343. The van der Waals surface area contributed by atoms with Gasteiger partial charge in [-0.15, -0.1) is 12.6 Å². The van der Waals surface area contributed by atoms with Crippen molar-refractivity contribution in [2.24, 2.45) is 0 Å². The molecular weight excluding hydrogens is 1120 g/mol. The molecule has 1 aromatic heterocycles. The smallest absolute Gasteiger partial charge is 0.287 e. The molecule has 0 bridgehead atoms. The van der Waals surface area contributed by atoms with Crippen LogP contribution in [0.2, 0.25) is 0 Å². The van der Waals surface area contributed by atoms with E-state index < -0.39 is 195 Å². The van der Waals surface area contributed by atoms with Crippen LogP contribution in [0.3, 0.4) is 0 Å². The highest BCUT2D eigenvalue weighted by Crippen LogP contribution is 2.41. The SMILES string of the molecule is FC(F)(F)c1cc([B-](c2cc(C(F)(F)F)cc(C(F)(F)F)c2)(c2cc(C(F)(F)F)cc(C(F)(F)F)c2)c2cc(C(F)(F)F)cc(C(F)(F)F)c2)cc(C(F)(F)F)c1.O=C(C[n+]1ccc(S)c2ccccc21)c1ccccc1. The van der Waals surface area contributed by atoms with Crippen molar-refractivity contribution in [3.63, 3.8) is 0 Å². The molecule has 410 valence electrons. The number of pyridine rings is 1. The molecule has 0 saturated carbocycles. The molecule has 77 heavy (non-hydrogen) atoms. The van der Waals surface area contributed by atoms with Crippen molar-refractivity contribution in [2.75, 3.05) is 0 Å². The Morgan fingerprint density at radius 2 is 0.623 bits per heavy atom. The molecule has 0 radical (unpaired) electrons. The average molecular weight is 1140 g/mol. The summed E-state index contributed by atoms with van der Waals surface area (Å²) >= 11 is 4.46. The molecule has 0 atom stereocenters. The highest BCUT2D eigenvalue weighted by Gasteiger charge is 2.47. The second-order valence-corrected chi connectivity index (χ2v) is 17.3. The summed E-state index contributed by atoms with van der Waals surface area (Å²) in [4.78, 5) is 13.2. The number of hydrogen-bond donors (Lipinski definition) is 1. The molecule has 1 heterocycles. The lowest BCUT2D eigenvalue weighted by atomic mass is 9.12. The Morgan fingerprint density at radius 3 is 0.896 bits per heavy atom. The third-order valence-corrected chi connectivity index (χ3v) is 12.1.